The van der Waals surface area contributed by atoms with Crippen molar-refractivity contribution in [1.82, 2.24) is 0 Å². The molecule has 0 fully saturated rings. The molecule has 56 valence electrons. The smallest absolute Gasteiger partial charge is 0.161 e. The van der Waals surface area contributed by atoms with Crippen LogP contribution in [-0.2, 0) is 0 Å². The molecule has 0 spiro atoms. The van der Waals surface area contributed by atoms with Crippen LogP contribution in [0.25, 0.3) is 11.0 Å². The van der Waals surface area contributed by atoms with E-state index in [0.717, 1.165) is 0 Å². The van der Waals surface area contributed by atoms with Gasteiger partial charge in [0.1, 0.15) is 11.8 Å². The molecule has 1 heterocycles. The Balaban J connectivity index is 2.87. The topological polar surface area (TPSA) is 59.4 Å². The van der Waals surface area contributed by atoms with Crippen LogP contribution in [0.1, 0.15) is 0 Å². The molecular weight excluding hydrogens is 142 g/mol. The molecule has 0 saturated heterocycles. The number of nitrogen functional groups attached to an aromatic ring is 1. The first-order valence-electron chi connectivity index (χ1n) is 3.23. The van der Waals surface area contributed by atoms with E-state index in [1.807, 2.05) is 0 Å². The minimum absolute atomic E-state index is 0.132. The highest BCUT2D eigenvalue weighted by Crippen LogP contribution is 2.27. The van der Waals surface area contributed by atoms with Crippen LogP contribution in [0.5, 0.6) is 5.75 Å². The van der Waals surface area contributed by atoms with Gasteiger partial charge in [-0.15, -0.1) is 0 Å². The highest BCUT2D eigenvalue weighted by atomic mass is 16.4. The quantitative estimate of drug-likeness (QED) is 0.560. The van der Waals surface area contributed by atoms with E-state index in [0.29, 0.717) is 16.7 Å². The Morgan fingerprint density at radius 1 is 1.36 bits per heavy atom. The van der Waals surface area contributed by atoms with Gasteiger partial charge >= 0.3 is 0 Å². The lowest BCUT2D eigenvalue weighted by Crippen LogP contribution is -1.81. The van der Waals surface area contributed by atoms with Gasteiger partial charge in [0.2, 0.25) is 0 Å². The van der Waals surface area contributed by atoms with Gasteiger partial charge in [-0.2, -0.15) is 0 Å². The largest absolute Gasteiger partial charge is 0.504 e. The molecule has 2 rings (SSSR count). The maximum atomic E-state index is 9.19. The summed E-state index contributed by atoms with van der Waals surface area (Å²) in [6, 6.07) is 5.13. The standard InChI is InChI=1S/C8H7NO2/c9-5-1-2-8-6(3-5)7(10)4-11-8/h1-4,10H,9H2. The average Bonchev–Trinajstić information content (AvgIpc) is 2.33. The molecule has 3 heteroatoms. The predicted octanol–water partition coefficient (Wildman–Crippen LogP) is 1.72. The Kier molecular flexibility index (Phi) is 1.06. The SMILES string of the molecule is Nc1ccc2occ(O)c2c1. The number of benzene rings is 1. The van der Waals surface area contributed by atoms with E-state index < -0.39 is 0 Å². The monoisotopic (exact) mass is 149 g/mol. The fourth-order valence-corrected chi connectivity index (χ4v) is 1.03. The van der Waals surface area contributed by atoms with Gasteiger partial charge in [-0.25, -0.2) is 0 Å². The first-order valence-corrected chi connectivity index (χ1v) is 3.23. The molecule has 3 N–H and O–H groups in total. The van der Waals surface area contributed by atoms with Crippen molar-refractivity contribution in [3.8, 4) is 5.75 Å². The van der Waals surface area contributed by atoms with E-state index in [-0.39, 0.29) is 5.75 Å². The van der Waals surface area contributed by atoms with Crippen LogP contribution < -0.4 is 5.73 Å². The summed E-state index contributed by atoms with van der Waals surface area (Å²) in [6.45, 7) is 0. The molecule has 0 aliphatic rings. The third-order valence-electron chi connectivity index (χ3n) is 1.58. The fraction of sp³-hybridized carbons (Fsp3) is 0. The van der Waals surface area contributed by atoms with Crippen molar-refractivity contribution in [2.24, 2.45) is 0 Å². The molecule has 0 aliphatic carbocycles. The lowest BCUT2D eigenvalue weighted by atomic mass is 10.2. The first-order chi connectivity index (χ1) is 5.27. The summed E-state index contributed by atoms with van der Waals surface area (Å²) >= 11 is 0. The molecule has 0 aliphatic heterocycles. The lowest BCUT2D eigenvalue weighted by molar-refractivity contribution is 0.464. The normalized spacial score (nSPS) is 10.5. The van der Waals surface area contributed by atoms with Gasteiger partial charge in [-0.1, -0.05) is 0 Å². The molecule has 11 heavy (non-hydrogen) atoms. The van der Waals surface area contributed by atoms with E-state index >= 15 is 0 Å². The van der Waals surface area contributed by atoms with Gasteiger partial charge in [0.15, 0.2) is 5.75 Å². The molecule has 0 amide bonds. The van der Waals surface area contributed by atoms with E-state index in [4.69, 9.17) is 10.2 Å². The number of rotatable bonds is 0. The van der Waals surface area contributed by atoms with Crippen molar-refractivity contribution in [2.75, 3.05) is 5.73 Å². The van der Waals surface area contributed by atoms with E-state index in [9.17, 15) is 5.11 Å². The predicted molar refractivity (Wildman–Crippen MR) is 42.3 cm³/mol. The van der Waals surface area contributed by atoms with Crippen molar-refractivity contribution >= 4 is 16.7 Å². The summed E-state index contributed by atoms with van der Waals surface area (Å²) < 4.78 is 5.00. The highest BCUT2D eigenvalue weighted by molar-refractivity contribution is 5.86. The van der Waals surface area contributed by atoms with Crippen LogP contribution in [0.2, 0.25) is 0 Å². The Morgan fingerprint density at radius 2 is 2.18 bits per heavy atom. The van der Waals surface area contributed by atoms with Crippen LogP contribution in [-0.4, -0.2) is 5.11 Å². The summed E-state index contributed by atoms with van der Waals surface area (Å²) in [6.07, 6.45) is 1.30. The summed E-state index contributed by atoms with van der Waals surface area (Å²) in [5, 5.41) is 9.84. The average molecular weight is 149 g/mol. The van der Waals surface area contributed by atoms with Crippen LogP contribution in [0.3, 0.4) is 0 Å². The van der Waals surface area contributed by atoms with Gasteiger partial charge in [-0.05, 0) is 18.2 Å². The maximum absolute atomic E-state index is 9.19. The van der Waals surface area contributed by atoms with Gasteiger partial charge in [0.25, 0.3) is 0 Å². The number of hydrogen-bond acceptors (Lipinski definition) is 3. The Bertz CT molecular complexity index is 392. The second-order valence-electron chi connectivity index (χ2n) is 2.38. The summed E-state index contributed by atoms with van der Waals surface area (Å²) in [5.41, 5.74) is 6.77. The zero-order chi connectivity index (χ0) is 7.84. The van der Waals surface area contributed by atoms with Crippen LogP contribution >= 0.6 is 0 Å². The third kappa shape index (κ3) is 0.816. The van der Waals surface area contributed by atoms with Crippen molar-refractivity contribution < 1.29 is 9.52 Å². The number of fused-ring (bicyclic) bond motifs is 1. The van der Waals surface area contributed by atoms with Crippen molar-refractivity contribution in [1.29, 1.82) is 0 Å². The molecule has 0 bridgehead atoms. The second kappa shape index (κ2) is 1.92. The Labute approximate surface area is 63.0 Å². The molecule has 3 nitrogen and oxygen atoms in total. The molecule has 0 atom stereocenters. The van der Waals surface area contributed by atoms with E-state index in [2.05, 4.69) is 0 Å². The third-order valence-corrected chi connectivity index (χ3v) is 1.58. The Hall–Kier alpha value is -1.64. The molecular formula is C8H7NO2. The zero-order valence-corrected chi connectivity index (χ0v) is 5.74. The van der Waals surface area contributed by atoms with Crippen LogP contribution in [0, 0.1) is 0 Å². The van der Waals surface area contributed by atoms with Gasteiger partial charge in [0, 0.05) is 5.69 Å². The molecule has 0 radical (unpaired) electrons. The lowest BCUT2D eigenvalue weighted by Gasteiger charge is -1.90. The zero-order valence-electron chi connectivity index (χ0n) is 5.74. The van der Waals surface area contributed by atoms with E-state index in [1.54, 1.807) is 18.2 Å². The first kappa shape index (κ1) is 6.09. The van der Waals surface area contributed by atoms with Gasteiger partial charge in [-0.3, -0.25) is 0 Å². The number of furan rings is 1. The summed E-state index contributed by atoms with van der Waals surface area (Å²) in [5.74, 6) is 0.132. The summed E-state index contributed by atoms with van der Waals surface area (Å²) in [4.78, 5) is 0. The Morgan fingerprint density at radius 3 is 3.00 bits per heavy atom. The number of aromatic hydroxyl groups is 1. The molecule has 1 aromatic carbocycles. The molecule has 1 aromatic heterocycles. The minimum atomic E-state index is 0.132. The van der Waals surface area contributed by atoms with Crippen molar-refractivity contribution in [3.63, 3.8) is 0 Å². The molecule has 0 saturated carbocycles. The van der Waals surface area contributed by atoms with Crippen molar-refractivity contribution in [2.45, 2.75) is 0 Å². The van der Waals surface area contributed by atoms with Gasteiger partial charge in [0.05, 0.1) is 5.39 Å². The molecule has 0 unspecified atom stereocenters. The summed E-state index contributed by atoms with van der Waals surface area (Å²) in [7, 11) is 0. The second-order valence-corrected chi connectivity index (χ2v) is 2.38. The van der Waals surface area contributed by atoms with Crippen molar-refractivity contribution in [3.05, 3.63) is 24.5 Å². The molecule has 2 aromatic rings. The minimum Gasteiger partial charge on any atom is -0.504 e. The fourth-order valence-electron chi connectivity index (χ4n) is 1.03. The number of nitrogens with two attached hydrogens (primary N) is 1. The van der Waals surface area contributed by atoms with Crippen LogP contribution in [0.4, 0.5) is 5.69 Å². The maximum Gasteiger partial charge on any atom is 0.161 e. The number of anilines is 1. The van der Waals surface area contributed by atoms with E-state index in [1.165, 1.54) is 6.26 Å². The number of hydrogen-bond donors (Lipinski definition) is 2. The highest BCUT2D eigenvalue weighted by Gasteiger charge is 2.02. The van der Waals surface area contributed by atoms with Gasteiger partial charge < -0.3 is 15.3 Å². The van der Waals surface area contributed by atoms with Crippen LogP contribution in [0.15, 0.2) is 28.9 Å².